The van der Waals surface area contributed by atoms with Crippen molar-refractivity contribution in [2.75, 3.05) is 13.1 Å². The Morgan fingerprint density at radius 3 is 2.38 bits per heavy atom. The van der Waals surface area contributed by atoms with Gasteiger partial charge in [0.1, 0.15) is 5.82 Å². The smallest absolute Gasteiger partial charge is 0.254 e. The van der Waals surface area contributed by atoms with Gasteiger partial charge in [0, 0.05) is 37.3 Å². The number of carbonyl (C=O) groups is 1. The van der Waals surface area contributed by atoms with E-state index in [4.69, 9.17) is 4.74 Å². The van der Waals surface area contributed by atoms with Crippen LogP contribution in [-0.4, -0.2) is 36.1 Å². The van der Waals surface area contributed by atoms with Gasteiger partial charge in [-0.1, -0.05) is 30.3 Å². The van der Waals surface area contributed by atoms with E-state index in [-0.39, 0.29) is 23.9 Å². The molecule has 1 saturated heterocycles. The van der Waals surface area contributed by atoms with Crippen LogP contribution in [0.4, 0.5) is 4.39 Å². The van der Waals surface area contributed by atoms with E-state index in [0.29, 0.717) is 37.3 Å². The molecule has 1 fully saturated rings. The van der Waals surface area contributed by atoms with Crippen LogP contribution in [0.1, 0.15) is 35.3 Å². The molecule has 26 heavy (non-hydrogen) atoms. The van der Waals surface area contributed by atoms with Crippen LogP contribution in [0.5, 0.6) is 0 Å². The summed E-state index contributed by atoms with van der Waals surface area (Å²) in [5.41, 5.74) is 2.39. The number of hydrogen-bond acceptors (Lipinski definition) is 3. The van der Waals surface area contributed by atoms with Gasteiger partial charge in [-0.05, 0) is 37.6 Å². The van der Waals surface area contributed by atoms with Crippen molar-refractivity contribution in [3.05, 3.63) is 71.0 Å². The van der Waals surface area contributed by atoms with Gasteiger partial charge in [-0.2, -0.15) is 0 Å². The Bertz CT molecular complexity index is 738. The second-order valence-electron chi connectivity index (χ2n) is 6.86. The molecule has 2 atom stereocenters. The highest BCUT2D eigenvalue weighted by atomic mass is 19.1. The van der Waals surface area contributed by atoms with Crippen molar-refractivity contribution in [3.8, 4) is 0 Å². The van der Waals surface area contributed by atoms with E-state index in [1.807, 2.05) is 49.1 Å². The topological polar surface area (TPSA) is 41.6 Å². The summed E-state index contributed by atoms with van der Waals surface area (Å²) < 4.78 is 19.3. The van der Waals surface area contributed by atoms with Crippen LogP contribution in [0, 0.1) is 5.82 Å². The Kier molecular flexibility index (Phi) is 6.01. The first-order chi connectivity index (χ1) is 12.5. The summed E-state index contributed by atoms with van der Waals surface area (Å²) in [6, 6.07) is 14.3. The maximum atomic E-state index is 13.6. The molecular formula is C21H25FN2O2. The summed E-state index contributed by atoms with van der Waals surface area (Å²) in [6.07, 6.45) is 0.120. The first kappa shape index (κ1) is 18.5. The number of morpholine rings is 1. The minimum absolute atomic E-state index is 0.0397. The van der Waals surface area contributed by atoms with E-state index in [1.165, 1.54) is 6.07 Å². The fourth-order valence-corrected chi connectivity index (χ4v) is 3.27. The predicted octanol–water partition coefficient (Wildman–Crippen LogP) is 3.36. The van der Waals surface area contributed by atoms with E-state index in [2.05, 4.69) is 5.32 Å². The largest absolute Gasteiger partial charge is 0.372 e. The number of rotatable bonds is 5. The normalized spacial score (nSPS) is 20.2. The molecule has 5 heteroatoms. The molecule has 1 aliphatic rings. The third-order valence-electron chi connectivity index (χ3n) is 4.51. The van der Waals surface area contributed by atoms with Gasteiger partial charge in [0.05, 0.1) is 12.2 Å². The minimum atomic E-state index is -0.199. The third-order valence-corrected chi connectivity index (χ3v) is 4.51. The lowest BCUT2D eigenvalue weighted by Crippen LogP contribution is -2.48. The lowest BCUT2D eigenvalue weighted by Gasteiger charge is -2.35. The Labute approximate surface area is 154 Å². The average molecular weight is 356 g/mol. The van der Waals surface area contributed by atoms with E-state index in [1.54, 1.807) is 12.1 Å². The zero-order valence-electron chi connectivity index (χ0n) is 15.2. The highest BCUT2D eigenvalue weighted by Gasteiger charge is 2.26. The van der Waals surface area contributed by atoms with Gasteiger partial charge in [0.2, 0.25) is 0 Å². The van der Waals surface area contributed by atoms with Crippen LogP contribution >= 0.6 is 0 Å². The Hall–Kier alpha value is -2.24. The molecule has 1 heterocycles. The van der Waals surface area contributed by atoms with Gasteiger partial charge in [-0.15, -0.1) is 0 Å². The van der Waals surface area contributed by atoms with Gasteiger partial charge in [-0.3, -0.25) is 4.79 Å². The number of nitrogens with one attached hydrogen (secondary N) is 1. The Morgan fingerprint density at radius 2 is 1.73 bits per heavy atom. The standard InChI is InChI=1S/C21H25FN2O2/c1-15-13-24(14-16(2)26-15)21(25)18-9-7-17(8-10-18)11-23-12-19-5-3-4-6-20(19)22/h3-10,15-16,23H,11-14H2,1-2H3. The average Bonchev–Trinajstić information content (AvgIpc) is 2.62. The second-order valence-corrected chi connectivity index (χ2v) is 6.86. The number of hydrogen-bond donors (Lipinski definition) is 1. The lowest BCUT2D eigenvalue weighted by atomic mass is 10.1. The number of nitrogens with zero attached hydrogens (tertiary/aromatic N) is 1. The van der Waals surface area contributed by atoms with E-state index >= 15 is 0 Å². The molecule has 138 valence electrons. The number of halogens is 1. The van der Waals surface area contributed by atoms with Gasteiger partial charge in [0.15, 0.2) is 0 Å². The SMILES string of the molecule is CC1CN(C(=O)c2ccc(CNCc3ccccc3F)cc2)CC(C)O1. The van der Waals surface area contributed by atoms with Crippen LogP contribution in [-0.2, 0) is 17.8 Å². The summed E-state index contributed by atoms with van der Waals surface area (Å²) in [5, 5.41) is 3.23. The molecule has 0 radical (unpaired) electrons. The van der Waals surface area contributed by atoms with Crippen molar-refractivity contribution in [1.29, 1.82) is 0 Å². The number of ether oxygens (including phenoxy) is 1. The number of carbonyl (C=O) groups excluding carboxylic acids is 1. The third kappa shape index (κ3) is 4.68. The molecular weight excluding hydrogens is 331 g/mol. The fraction of sp³-hybridized carbons (Fsp3) is 0.381. The van der Waals surface area contributed by atoms with Crippen molar-refractivity contribution < 1.29 is 13.9 Å². The van der Waals surface area contributed by atoms with Crippen LogP contribution in [0.15, 0.2) is 48.5 Å². The molecule has 1 N–H and O–H groups in total. The number of amides is 1. The molecule has 0 aromatic heterocycles. The van der Waals surface area contributed by atoms with Crippen molar-refractivity contribution in [1.82, 2.24) is 10.2 Å². The molecule has 2 unspecified atom stereocenters. The van der Waals surface area contributed by atoms with Gasteiger partial charge in [0.25, 0.3) is 5.91 Å². The molecule has 1 aliphatic heterocycles. The summed E-state index contributed by atoms with van der Waals surface area (Å²) >= 11 is 0. The minimum Gasteiger partial charge on any atom is -0.372 e. The van der Waals surface area contributed by atoms with Crippen molar-refractivity contribution in [2.24, 2.45) is 0 Å². The van der Waals surface area contributed by atoms with Crippen LogP contribution in [0.2, 0.25) is 0 Å². The summed E-state index contributed by atoms with van der Waals surface area (Å²) in [4.78, 5) is 14.5. The molecule has 0 spiro atoms. The monoisotopic (exact) mass is 356 g/mol. The maximum Gasteiger partial charge on any atom is 0.254 e. The van der Waals surface area contributed by atoms with E-state index in [0.717, 1.165) is 5.56 Å². The molecule has 2 aromatic carbocycles. The summed E-state index contributed by atoms with van der Waals surface area (Å²) in [5.74, 6) is -0.159. The molecule has 2 aromatic rings. The Morgan fingerprint density at radius 1 is 1.08 bits per heavy atom. The Balaban J connectivity index is 1.54. The number of benzene rings is 2. The zero-order valence-corrected chi connectivity index (χ0v) is 15.2. The van der Waals surface area contributed by atoms with Crippen LogP contribution in [0.25, 0.3) is 0 Å². The van der Waals surface area contributed by atoms with Crippen LogP contribution < -0.4 is 5.32 Å². The van der Waals surface area contributed by atoms with Gasteiger partial charge < -0.3 is 15.0 Å². The molecule has 0 aliphatic carbocycles. The van der Waals surface area contributed by atoms with Crippen molar-refractivity contribution in [3.63, 3.8) is 0 Å². The quantitative estimate of drug-likeness (QED) is 0.893. The molecule has 3 rings (SSSR count). The summed E-state index contributed by atoms with van der Waals surface area (Å²) in [7, 11) is 0. The predicted molar refractivity (Wildman–Crippen MR) is 99.3 cm³/mol. The zero-order chi connectivity index (χ0) is 18.5. The first-order valence-corrected chi connectivity index (χ1v) is 9.00. The highest BCUT2D eigenvalue weighted by Crippen LogP contribution is 2.15. The van der Waals surface area contributed by atoms with Crippen LogP contribution in [0.3, 0.4) is 0 Å². The van der Waals surface area contributed by atoms with E-state index in [9.17, 15) is 9.18 Å². The molecule has 0 saturated carbocycles. The molecule has 0 bridgehead atoms. The second kappa shape index (κ2) is 8.43. The summed E-state index contributed by atoms with van der Waals surface area (Å²) in [6.45, 7) is 6.30. The van der Waals surface area contributed by atoms with Crippen molar-refractivity contribution >= 4 is 5.91 Å². The molecule has 4 nitrogen and oxygen atoms in total. The maximum absolute atomic E-state index is 13.6. The van der Waals surface area contributed by atoms with E-state index < -0.39 is 0 Å². The highest BCUT2D eigenvalue weighted by molar-refractivity contribution is 5.94. The first-order valence-electron chi connectivity index (χ1n) is 9.00. The fourth-order valence-electron chi connectivity index (χ4n) is 3.27. The molecule has 1 amide bonds. The van der Waals surface area contributed by atoms with Gasteiger partial charge in [-0.25, -0.2) is 4.39 Å². The van der Waals surface area contributed by atoms with Crippen molar-refractivity contribution in [2.45, 2.75) is 39.1 Å². The lowest BCUT2D eigenvalue weighted by molar-refractivity contribution is -0.0586. The van der Waals surface area contributed by atoms with Gasteiger partial charge >= 0.3 is 0 Å².